The van der Waals surface area contributed by atoms with Crippen LogP contribution in [0, 0.1) is 0 Å². The van der Waals surface area contributed by atoms with E-state index in [1.165, 1.54) is 25.4 Å². The number of alkyl halides is 6. The maximum absolute atomic E-state index is 13.6. The molecule has 1 amide bonds. The molecule has 0 radical (unpaired) electrons. The van der Waals surface area contributed by atoms with Gasteiger partial charge in [0.15, 0.2) is 5.75 Å². The second kappa shape index (κ2) is 17.7. The molecule has 1 aliphatic heterocycles. The smallest absolute Gasteiger partial charge is 0.416 e. The first-order valence-corrected chi connectivity index (χ1v) is 16.3. The number of carboxylic acid groups (broad SMARTS) is 2. The van der Waals surface area contributed by atoms with Crippen LogP contribution in [-0.2, 0) is 28.3 Å². The number of pyridine rings is 1. The SMILES string of the molecule is CCOCC.CC[C@]1(N)C[C@H](c2ncc(OCCCCC(=O)O)c(Cc3cc(C(F)(F)F)cc(C(F)(F)F)c3)n2)c2nc(OC)ccc2N1C(=O)O. The van der Waals surface area contributed by atoms with E-state index in [9.17, 15) is 41.0 Å². The highest BCUT2D eigenvalue weighted by Crippen LogP contribution is 2.45. The third-order valence-electron chi connectivity index (χ3n) is 8.09. The number of nitrogens with two attached hydrogens (primary N) is 1. The molecule has 0 bridgehead atoms. The first-order valence-electron chi connectivity index (χ1n) is 16.3. The van der Waals surface area contributed by atoms with Crippen molar-refractivity contribution in [2.75, 3.05) is 31.8 Å². The standard InChI is InChI=1S/C30H31F6N5O6.C4H10O/c1-3-28(37)14-19(25-21(41(28)27(44)45)7-8-23(40-25)46-2)26-38-15-22(47-9-5-4-6-24(42)43)20(39-26)12-16-10-17(29(31,32)33)13-18(11-16)30(34,35)36;1-3-5-4-2/h7-8,10-11,13,15,19H,3-6,9,12,14,37H2,1-2H3,(H,42,43)(H,44,45);3-4H2,1-2H3/t19-,28+;/m0./s1. The molecular formula is C34H41F6N5O7. The number of halogens is 6. The van der Waals surface area contributed by atoms with Crippen molar-refractivity contribution < 1.29 is 60.4 Å². The van der Waals surface area contributed by atoms with E-state index in [4.69, 9.17) is 25.1 Å². The molecule has 3 heterocycles. The second-order valence-electron chi connectivity index (χ2n) is 11.7. The van der Waals surface area contributed by atoms with Crippen molar-refractivity contribution in [3.63, 3.8) is 0 Å². The fourth-order valence-electron chi connectivity index (χ4n) is 5.51. The number of hydrogen-bond donors (Lipinski definition) is 3. The van der Waals surface area contributed by atoms with Gasteiger partial charge in [0.1, 0.15) is 11.5 Å². The number of benzene rings is 1. The van der Waals surface area contributed by atoms with Crippen molar-refractivity contribution in [3.8, 4) is 11.6 Å². The number of ether oxygens (including phenoxy) is 3. The topological polar surface area (TPSA) is 170 Å². The summed E-state index contributed by atoms with van der Waals surface area (Å²) in [6.45, 7) is 7.30. The Hall–Kier alpha value is -4.71. The summed E-state index contributed by atoms with van der Waals surface area (Å²) in [5.74, 6) is -1.81. The maximum atomic E-state index is 13.6. The highest BCUT2D eigenvalue weighted by molar-refractivity contribution is 5.89. The summed E-state index contributed by atoms with van der Waals surface area (Å²) < 4.78 is 97.5. The average Bonchev–Trinajstić information content (AvgIpc) is 3.07. The molecule has 4 N–H and O–H groups in total. The van der Waals surface area contributed by atoms with Gasteiger partial charge in [-0.05, 0) is 69.4 Å². The van der Waals surface area contributed by atoms with Crippen LogP contribution in [-0.4, -0.2) is 69.8 Å². The van der Waals surface area contributed by atoms with Gasteiger partial charge in [0, 0.05) is 32.1 Å². The Balaban J connectivity index is 0.00000136. The fraction of sp³-hybridized carbons (Fsp3) is 0.500. The van der Waals surface area contributed by atoms with Crippen molar-refractivity contribution in [3.05, 3.63) is 70.4 Å². The van der Waals surface area contributed by atoms with Crippen molar-refractivity contribution in [1.29, 1.82) is 0 Å². The highest BCUT2D eigenvalue weighted by Gasteiger charge is 2.47. The lowest BCUT2D eigenvalue weighted by Crippen LogP contribution is -2.61. The zero-order valence-electron chi connectivity index (χ0n) is 29.0. The predicted molar refractivity (Wildman–Crippen MR) is 175 cm³/mol. The van der Waals surface area contributed by atoms with Crippen LogP contribution < -0.4 is 20.1 Å². The Morgan fingerprint density at radius 2 is 1.62 bits per heavy atom. The Morgan fingerprint density at radius 3 is 2.12 bits per heavy atom. The largest absolute Gasteiger partial charge is 0.490 e. The lowest BCUT2D eigenvalue weighted by molar-refractivity contribution is -0.143. The molecule has 0 unspecified atom stereocenters. The monoisotopic (exact) mass is 745 g/mol. The van der Waals surface area contributed by atoms with Crippen molar-refractivity contribution >= 4 is 17.7 Å². The van der Waals surface area contributed by atoms with Gasteiger partial charge in [-0.25, -0.2) is 19.7 Å². The summed E-state index contributed by atoms with van der Waals surface area (Å²) in [4.78, 5) is 37.5. The molecule has 2 atom stereocenters. The van der Waals surface area contributed by atoms with E-state index >= 15 is 0 Å². The average molecular weight is 746 g/mol. The number of unbranched alkanes of at least 4 members (excludes halogenated alkanes) is 1. The van der Waals surface area contributed by atoms with Gasteiger partial charge in [-0.1, -0.05) is 6.92 Å². The summed E-state index contributed by atoms with van der Waals surface area (Å²) in [6.07, 6.45) is -10.4. The van der Waals surface area contributed by atoms with E-state index in [1.807, 2.05) is 13.8 Å². The Morgan fingerprint density at radius 1 is 0.981 bits per heavy atom. The summed E-state index contributed by atoms with van der Waals surface area (Å²) >= 11 is 0. The van der Waals surface area contributed by atoms with E-state index in [2.05, 4.69) is 15.0 Å². The molecule has 2 aromatic heterocycles. The number of carbonyl (C=O) groups is 2. The Kier molecular flexibility index (Phi) is 14.2. The number of methoxy groups -OCH3 is 1. The Labute approximate surface area is 295 Å². The molecule has 0 aliphatic carbocycles. The third-order valence-corrected chi connectivity index (χ3v) is 8.09. The zero-order chi connectivity index (χ0) is 38.9. The number of aromatic nitrogens is 3. The van der Waals surface area contributed by atoms with Crippen LogP contribution in [0.15, 0.2) is 36.5 Å². The molecule has 52 heavy (non-hydrogen) atoms. The quantitative estimate of drug-likeness (QED) is 0.119. The second-order valence-corrected chi connectivity index (χ2v) is 11.7. The minimum absolute atomic E-state index is 0.0107. The summed E-state index contributed by atoms with van der Waals surface area (Å²) in [6, 6.07) is 4.08. The maximum Gasteiger partial charge on any atom is 0.416 e. The van der Waals surface area contributed by atoms with Crippen LogP contribution in [0.2, 0.25) is 0 Å². The fourth-order valence-corrected chi connectivity index (χ4v) is 5.51. The van der Waals surface area contributed by atoms with Crippen LogP contribution in [0.3, 0.4) is 0 Å². The van der Waals surface area contributed by atoms with E-state index in [0.29, 0.717) is 12.1 Å². The molecule has 1 aromatic carbocycles. The number of carboxylic acids is 1. The molecule has 0 saturated heterocycles. The molecule has 3 aromatic rings. The molecule has 18 heteroatoms. The number of hydrogen-bond acceptors (Lipinski definition) is 9. The van der Waals surface area contributed by atoms with Gasteiger partial charge in [-0.2, -0.15) is 26.3 Å². The van der Waals surface area contributed by atoms with E-state index in [-0.39, 0.29) is 84.9 Å². The number of anilines is 1. The molecule has 4 rings (SSSR count). The van der Waals surface area contributed by atoms with E-state index in [0.717, 1.165) is 18.1 Å². The first kappa shape index (κ1) is 41.7. The molecule has 1 aliphatic rings. The van der Waals surface area contributed by atoms with Crippen LogP contribution in [0.25, 0.3) is 0 Å². The highest BCUT2D eigenvalue weighted by atomic mass is 19.4. The van der Waals surface area contributed by atoms with E-state index < -0.39 is 53.5 Å². The lowest BCUT2D eigenvalue weighted by atomic mass is 9.83. The number of fused-ring (bicyclic) bond motifs is 1. The van der Waals surface area contributed by atoms with Gasteiger partial charge < -0.3 is 30.2 Å². The van der Waals surface area contributed by atoms with E-state index in [1.54, 1.807) is 6.92 Å². The van der Waals surface area contributed by atoms with Crippen LogP contribution in [0.1, 0.15) is 92.7 Å². The van der Waals surface area contributed by atoms with Crippen LogP contribution in [0.4, 0.5) is 36.8 Å². The summed E-state index contributed by atoms with van der Waals surface area (Å²) in [5.41, 5.74) is 1.98. The number of rotatable bonds is 13. The van der Waals surface area contributed by atoms with Crippen molar-refractivity contribution in [2.45, 2.75) is 83.2 Å². The molecular weight excluding hydrogens is 704 g/mol. The minimum Gasteiger partial charge on any atom is -0.490 e. The van der Waals surface area contributed by atoms with Gasteiger partial charge in [-0.3, -0.25) is 9.69 Å². The number of nitrogens with zero attached hydrogens (tertiary/aromatic N) is 4. The summed E-state index contributed by atoms with van der Waals surface area (Å²) in [7, 11) is 1.35. The van der Waals surface area contributed by atoms with Gasteiger partial charge in [0.25, 0.3) is 0 Å². The molecule has 12 nitrogen and oxygen atoms in total. The molecule has 286 valence electrons. The van der Waals surface area contributed by atoms with Gasteiger partial charge in [0.05, 0.1) is 54.0 Å². The molecule has 0 fully saturated rings. The molecule has 0 saturated carbocycles. The van der Waals surface area contributed by atoms with Crippen molar-refractivity contribution in [2.24, 2.45) is 5.73 Å². The normalized spacial score (nSPS) is 17.1. The van der Waals surface area contributed by atoms with Gasteiger partial charge in [-0.15, -0.1) is 0 Å². The predicted octanol–water partition coefficient (Wildman–Crippen LogP) is 7.27. The summed E-state index contributed by atoms with van der Waals surface area (Å²) in [5, 5.41) is 18.9. The molecule has 0 spiro atoms. The Bertz CT molecular complexity index is 1660. The lowest BCUT2D eigenvalue weighted by Gasteiger charge is -2.45. The van der Waals surface area contributed by atoms with Gasteiger partial charge >= 0.3 is 24.4 Å². The third kappa shape index (κ3) is 10.7. The van der Waals surface area contributed by atoms with Crippen LogP contribution in [0.5, 0.6) is 11.6 Å². The zero-order valence-corrected chi connectivity index (χ0v) is 29.0. The van der Waals surface area contributed by atoms with Crippen LogP contribution >= 0.6 is 0 Å². The number of amides is 1. The first-order chi connectivity index (χ1) is 24.4. The van der Waals surface area contributed by atoms with Gasteiger partial charge in [0.2, 0.25) is 5.88 Å². The minimum atomic E-state index is -5.08. The number of aliphatic carboxylic acids is 1. The van der Waals surface area contributed by atoms with Crippen molar-refractivity contribution in [1.82, 2.24) is 15.0 Å².